The number of carbonyl (C=O) groups is 2. The van der Waals surface area contributed by atoms with E-state index in [0.717, 1.165) is 29.1 Å². The molecule has 0 heterocycles. The Labute approximate surface area is 189 Å². The molecule has 2 amide bonds. The molecule has 6 heteroatoms. The van der Waals surface area contributed by atoms with Crippen LogP contribution >= 0.6 is 0 Å². The monoisotopic (exact) mass is 431 g/mol. The van der Waals surface area contributed by atoms with Crippen molar-refractivity contribution in [2.24, 2.45) is 0 Å². The van der Waals surface area contributed by atoms with Crippen LogP contribution < -0.4 is 20.7 Å². The molecule has 0 aliphatic carbocycles. The Kier molecular flexibility index (Phi) is 8.26. The predicted octanol–water partition coefficient (Wildman–Crippen LogP) is 5.02. The van der Waals surface area contributed by atoms with Crippen LogP contribution in [0.1, 0.15) is 24.5 Å². The lowest BCUT2D eigenvalue weighted by Gasteiger charge is -2.12. The Bertz CT molecular complexity index is 1030. The fourth-order valence-electron chi connectivity index (χ4n) is 3.06. The molecule has 0 fully saturated rings. The van der Waals surface area contributed by atoms with Crippen molar-refractivity contribution in [2.45, 2.75) is 26.7 Å². The second-order valence-corrected chi connectivity index (χ2v) is 7.44. The second-order valence-electron chi connectivity index (χ2n) is 7.44. The van der Waals surface area contributed by atoms with E-state index in [-0.39, 0.29) is 18.4 Å². The standard InChI is InChI=1S/C26H29N3O3/c1-3-25(30)29-24-17-22(10-9-19(24)2)27-18-26(31)28-21-11-13-23(14-12-21)32-16-15-20-7-5-4-6-8-20/h4-14,17,27H,3,15-16,18H2,1-2H3,(H,28,31)(H,29,30). The minimum Gasteiger partial charge on any atom is -0.493 e. The van der Waals surface area contributed by atoms with Crippen LogP contribution in [0, 0.1) is 6.92 Å². The maximum Gasteiger partial charge on any atom is 0.243 e. The summed E-state index contributed by atoms with van der Waals surface area (Å²) >= 11 is 0. The van der Waals surface area contributed by atoms with Gasteiger partial charge < -0.3 is 20.7 Å². The van der Waals surface area contributed by atoms with Crippen LogP contribution in [0.2, 0.25) is 0 Å². The molecule has 0 spiro atoms. The molecule has 32 heavy (non-hydrogen) atoms. The molecule has 3 rings (SSSR count). The van der Waals surface area contributed by atoms with Crippen molar-refractivity contribution in [1.82, 2.24) is 0 Å². The van der Waals surface area contributed by atoms with Gasteiger partial charge in [0.05, 0.1) is 13.2 Å². The SMILES string of the molecule is CCC(=O)Nc1cc(NCC(=O)Nc2ccc(OCCc3ccccc3)cc2)ccc1C. The lowest BCUT2D eigenvalue weighted by Crippen LogP contribution is -2.21. The number of hydrogen-bond acceptors (Lipinski definition) is 4. The molecule has 3 aromatic rings. The summed E-state index contributed by atoms with van der Waals surface area (Å²) in [5.41, 5.74) is 4.40. The van der Waals surface area contributed by atoms with Gasteiger partial charge >= 0.3 is 0 Å². The molecule has 0 radical (unpaired) electrons. The Hall–Kier alpha value is -3.80. The van der Waals surface area contributed by atoms with E-state index in [1.165, 1.54) is 5.56 Å². The zero-order valence-electron chi connectivity index (χ0n) is 18.5. The van der Waals surface area contributed by atoms with Crippen LogP contribution in [0.3, 0.4) is 0 Å². The number of anilines is 3. The van der Waals surface area contributed by atoms with E-state index in [9.17, 15) is 9.59 Å². The number of benzene rings is 3. The summed E-state index contributed by atoms with van der Waals surface area (Å²) in [5.74, 6) is 0.552. The molecule has 6 nitrogen and oxygen atoms in total. The van der Waals surface area contributed by atoms with Crippen molar-refractivity contribution in [3.8, 4) is 5.75 Å². The molecule has 3 N–H and O–H groups in total. The summed E-state index contributed by atoms with van der Waals surface area (Å²) in [6, 6.07) is 23.1. The molecule has 3 aromatic carbocycles. The number of carbonyl (C=O) groups excluding carboxylic acids is 2. The molecule has 166 valence electrons. The molecular weight excluding hydrogens is 402 g/mol. The number of aryl methyl sites for hydroxylation is 1. The first kappa shape index (κ1) is 22.9. The molecule has 0 saturated heterocycles. The lowest BCUT2D eigenvalue weighted by atomic mass is 10.1. The highest BCUT2D eigenvalue weighted by atomic mass is 16.5. The van der Waals surface area contributed by atoms with E-state index >= 15 is 0 Å². The summed E-state index contributed by atoms with van der Waals surface area (Å²) in [6.45, 7) is 4.44. The van der Waals surface area contributed by atoms with Crippen molar-refractivity contribution < 1.29 is 14.3 Å². The zero-order chi connectivity index (χ0) is 22.8. The van der Waals surface area contributed by atoms with Gasteiger partial charge in [-0.3, -0.25) is 9.59 Å². The smallest absolute Gasteiger partial charge is 0.243 e. The highest BCUT2D eigenvalue weighted by Gasteiger charge is 2.06. The first-order chi connectivity index (χ1) is 15.5. The fourth-order valence-corrected chi connectivity index (χ4v) is 3.06. The van der Waals surface area contributed by atoms with Crippen LogP contribution in [-0.2, 0) is 16.0 Å². The third kappa shape index (κ3) is 7.16. The Balaban J connectivity index is 1.45. The molecular formula is C26H29N3O3. The summed E-state index contributed by atoms with van der Waals surface area (Å²) < 4.78 is 5.78. The van der Waals surface area contributed by atoms with E-state index < -0.39 is 0 Å². The van der Waals surface area contributed by atoms with E-state index in [1.807, 2.05) is 67.6 Å². The van der Waals surface area contributed by atoms with Gasteiger partial charge in [-0.2, -0.15) is 0 Å². The zero-order valence-corrected chi connectivity index (χ0v) is 18.5. The lowest BCUT2D eigenvalue weighted by molar-refractivity contribution is -0.116. The molecule has 0 saturated carbocycles. The molecule has 0 aliphatic heterocycles. The number of amides is 2. The summed E-state index contributed by atoms with van der Waals surface area (Å²) in [6.07, 6.45) is 1.25. The van der Waals surface area contributed by atoms with E-state index in [4.69, 9.17) is 4.74 Å². The highest BCUT2D eigenvalue weighted by molar-refractivity contribution is 5.94. The van der Waals surface area contributed by atoms with E-state index in [1.54, 1.807) is 6.92 Å². The van der Waals surface area contributed by atoms with Gasteiger partial charge in [0, 0.05) is 29.9 Å². The van der Waals surface area contributed by atoms with Crippen molar-refractivity contribution >= 4 is 28.9 Å². The summed E-state index contributed by atoms with van der Waals surface area (Å²) in [5, 5.41) is 8.82. The van der Waals surface area contributed by atoms with Gasteiger partial charge in [-0.25, -0.2) is 0 Å². The van der Waals surface area contributed by atoms with Crippen LogP contribution in [0.25, 0.3) is 0 Å². The number of hydrogen-bond donors (Lipinski definition) is 3. The Morgan fingerprint density at radius 3 is 2.28 bits per heavy atom. The predicted molar refractivity (Wildman–Crippen MR) is 129 cm³/mol. The minimum atomic E-state index is -0.164. The first-order valence-electron chi connectivity index (χ1n) is 10.7. The van der Waals surface area contributed by atoms with E-state index in [0.29, 0.717) is 18.7 Å². The molecule has 0 aliphatic rings. The van der Waals surface area contributed by atoms with Gasteiger partial charge in [-0.15, -0.1) is 0 Å². The summed E-state index contributed by atoms with van der Waals surface area (Å²) in [7, 11) is 0. The average molecular weight is 432 g/mol. The molecule has 0 atom stereocenters. The van der Waals surface area contributed by atoms with Gasteiger partial charge in [0.15, 0.2) is 0 Å². The highest BCUT2D eigenvalue weighted by Crippen LogP contribution is 2.21. The topological polar surface area (TPSA) is 79.5 Å². The normalized spacial score (nSPS) is 10.3. The van der Waals surface area contributed by atoms with Crippen LogP contribution in [0.4, 0.5) is 17.1 Å². The van der Waals surface area contributed by atoms with Gasteiger partial charge in [-0.05, 0) is 54.4 Å². The van der Waals surface area contributed by atoms with Crippen LogP contribution in [0.15, 0.2) is 72.8 Å². The van der Waals surface area contributed by atoms with Crippen molar-refractivity contribution in [3.63, 3.8) is 0 Å². The number of nitrogens with one attached hydrogen (secondary N) is 3. The maximum absolute atomic E-state index is 12.3. The Morgan fingerprint density at radius 2 is 1.56 bits per heavy atom. The molecule has 0 unspecified atom stereocenters. The first-order valence-corrected chi connectivity index (χ1v) is 10.7. The Morgan fingerprint density at radius 1 is 0.844 bits per heavy atom. The second kappa shape index (κ2) is 11.6. The quantitative estimate of drug-likeness (QED) is 0.421. The van der Waals surface area contributed by atoms with Gasteiger partial charge in [-0.1, -0.05) is 43.3 Å². The van der Waals surface area contributed by atoms with Gasteiger partial charge in [0.25, 0.3) is 0 Å². The fraction of sp³-hybridized carbons (Fsp3) is 0.231. The third-order valence-corrected chi connectivity index (χ3v) is 4.93. The van der Waals surface area contributed by atoms with Crippen LogP contribution in [-0.4, -0.2) is 25.0 Å². The average Bonchev–Trinajstić information content (AvgIpc) is 2.81. The largest absolute Gasteiger partial charge is 0.493 e. The number of rotatable bonds is 10. The maximum atomic E-state index is 12.3. The van der Waals surface area contributed by atoms with Crippen molar-refractivity contribution in [2.75, 3.05) is 29.1 Å². The van der Waals surface area contributed by atoms with Crippen molar-refractivity contribution in [3.05, 3.63) is 83.9 Å². The third-order valence-electron chi connectivity index (χ3n) is 4.93. The molecule has 0 aromatic heterocycles. The molecule has 0 bridgehead atoms. The number of ether oxygens (including phenoxy) is 1. The van der Waals surface area contributed by atoms with E-state index in [2.05, 4.69) is 28.1 Å². The minimum absolute atomic E-state index is 0.0458. The van der Waals surface area contributed by atoms with Gasteiger partial charge in [0.1, 0.15) is 5.75 Å². The van der Waals surface area contributed by atoms with Gasteiger partial charge in [0.2, 0.25) is 11.8 Å². The summed E-state index contributed by atoms with van der Waals surface area (Å²) in [4.78, 5) is 24.0. The van der Waals surface area contributed by atoms with Crippen LogP contribution in [0.5, 0.6) is 5.75 Å². The van der Waals surface area contributed by atoms with Crippen molar-refractivity contribution in [1.29, 1.82) is 0 Å².